The van der Waals surface area contributed by atoms with Crippen LogP contribution in [0.25, 0.3) is 0 Å². The number of esters is 6. The number of carbonyl (C=O) groups is 7. The van der Waals surface area contributed by atoms with Gasteiger partial charge in [0.2, 0.25) is 0 Å². The van der Waals surface area contributed by atoms with Gasteiger partial charge in [-0.2, -0.15) is 0 Å². The first-order chi connectivity index (χ1) is 25.3. The SMILES string of the molecule is CCC(C)C(=O)O[C@H]1C(=O)[C@]23CO[C@@](C)(C2C2[C@H]1C[C@]2(C)OC(C)=O)[C@H](OC(C)=O)[C@@]1(OC(C)=O)C[C@H](C)[C@H](OC(=O)c2cccnc2)[C@@H]1[C@H]3OC(C)=O. The fraction of sp³-hybridized carbons (Fsp3) is 0.692. The Labute approximate surface area is 313 Å². The van der Waals surface area contributed by atoms with Gasteiger partial charge in [-0.15, -0.1) is 0 Å². The first-order valence-corrected chi connectivity index (χ1v) is 18.5. The molecule has 1 aromatic rings. The number of hydrogen-bond donors (Lipinski definition) is 0. The van der Waals surface area contributed by atoms with Crippen LogP contribution in [-0.4, -0.2) is 94.4 Å². The number of fused-ring (bicyclic) bond motifs is 2. The molecule has 5 aliphatic rings. The Morgan fingerprint density at radius 1 is 0.907 bits per heavy atom. The second-order valence-electron chi connectivity index (χ2n) is 16.2. The maximum atomic E-state index is 15.6. The molecule has 6 rings (SSSR count). The van der Waals surface area contributed by atoms with Crippen LogP contribution in [0.1, 0.15) is 91.9 Å². The summed E-state index contributed by atoms with van der Waals surface area (Å²) in [4.78, 5) is 99.3. The Morgan fingerprint density at radius 3 is 2.15 bits per heavy atom. The van der Waals surface area contributed by atoms with Gasteiger partial charge in [-0.25, -0.2) is 4.79 Å². The van der Waals surface area contributed by atoms with E-state index >= 15 is 4.79 Å². The molecule has 2 heterocycles. The average Bonchev–Trinajstić information content (AvgIpc) is 3.52. The zero-order valence-corrected chi connectivity index (χ0v) is 32.1. The fourth-order valence-corrected chi connectivity index (χ4v) is 10.8. The molecule has 14 atom stereocenters. The van der Waals surface area contributed by atoms with E-state index in [-0.39, 0.29) is 18.4 Å². The van der Waals surface area contributed by atoms with Crippen LogP contribution in [0.3, 0.4) is 0 Å². The van der Waals surface area contributed by atoms with Gasteiger partial charge in [0.05, 0.1) is 29.4 Å². The van der Waals surface area contributed by atoms with Gasteiger partial charge in [-0.3, -0.25) is 33.8 Å². The van der Waals surface area contributed by atoms with E-state index in [9.17, 15) is 28.8 Å². The van der Waals surface area contributed by atoms with Gasteiger partial charge >= 0.3 is 35.8 Å². The number of Topliss-reactive ketones (excluding diaryl/α,β-unsaturated/α-hetero) is 1. The molecular formula is C39H49NO14. The van der Waals surface area contributed by atoms with E-state index in [2.05, 4.69) is 4.98 Å². The van der Waals surface area contributed by atoms with E-state index in [0.717, 1.165) is 6.92 Å². The quantitative estimate of drug-likeness (QED) is 0.263. The summed E-state index contributed by atoms with van der Waals surface area (Å²) in [5.74, 6) is -10.0. The number of ketones is 1. The molecule has 1 saturated heterocycles. The van der Waals surface area contributed by atoms with Crippen molar-refractivity contribution in [2.45, 2.75) is 123 Å². The Hall–Kier alpha value is -4.40. The third-order valence-corrected chi connectivity index (χ3v) is 12.7. The number of carbonyl (C=O) groups excluding carboxylic acids is 7. The highest BCUT2D eigenvalue weighted by atomic mass is 16.6. The molecule has 5 fully saturated rings. The predicted molar refractivity (Wildman–Crippen MR) is 183 cm³/mol. The van der Waals surface area contributed by atoms with Gasteiger partial charge in [-0.1, -0.05) is 20.8 Å². The second-order valence-corrected chi connectivity index (χ2v) is 16.2. The van der Waals surface area contributed by atoms with Crippen molar-refractivity contribution in [3.05, 3.63) is 30.1 Å². The first kappa shape index (κ1) is 39.3. The standard InChI is InChI=1S/C39H49NO14/c1-10-18(2)33(46)52-29-25-15-36(8,53-22(6)43)26(25)30-37(9)35(50-21(5)42)39(54-23(7)44)14-19(3)28(51-34(47)24-12-11-13-40-16-24)27(39)32(49-20(4)41)38(30,17-48-37)31(29)45/h11-13,16,18-19,25-30,32,35H,10,14-15,17H2,1-9H3/t18?,19-,25+,26?,27+,28-,29+,30?,32+,35-,36-,37-,38-,39+/m0/s1. The lowest BCUT2D eigenvalue weighted by Gasteiger charge is -2.64. The lowest BCUT2D eigenvalue weighted by atomic mass is 9.42. The van der Waals surface area contributed by atoms with Crippen LogP contribution < -0.4 is 0 Å². The normalized spacial score (nSPS) is 40.6. The van der Waals surface area contributed by atoms with Crippen molar-refractivity contribution >= 4 is 41.6 Å². The second kappa shape index (κ2) is 13.7. The molecule has 54 heavy (non-hydrogen) atoms. The van der Waals surface area contributed by atoms with Crippen LogP contribution in [0.4, 0.5) is 0 Å². The number of hydrogen-bond acceptors (Lipinski definition) is 15. The number of ether oxygens (including phenoxy) is 7. The maximum Gasteiger partial charge on any atom is 0.339 e. The monoisotopic (exact) mass is 755 g/mol. The van der Waals surface area contributed by atoms with Crippen molar-refractivity contribution in [2.75, 3.05) is 6.61 Å². The highest BCUT2D eigenvalue weighted by molar-refractivity contribution is 5.95. The zero-order valence-electron chi connectivity index (χ0n) is 32.1. The van der Waals surface area contributed by atoms with E-state index in [0.29, 0.717) is 6.42 Å². The molecule has 1 aliphatic heterocycles. The zero-order chi connectivity index (χ0) is 39.7. The van der Waals surface area contributed by atoms with Gasteiger partial charge < -0.3 is 33.2 Å². The molecule has 0 radical (unpaired) electrons. The molecule has 4 aliphatic carbocycles. The molecule has 15 nitrogen and oxygen atoms in total. The Balaban J connectivity index is 1.65. The first-order valence-electron chi connectivity index (χ1n) is 18.5. The summed E-state index contributed by atoms with van der Waals surface area (Å²) in [5, 5.41) is 0. The summed E-state index contributed by atoms with van der Waals surface area (Å²) in [6, 6.07) is 3.06. The summed E-state index contributed by atoms with van der Waals surface area (Å²) in [7, 11) is 0. The van der Waals surface area contributed by atoms with Crippen LogP contribution in [-0.2, 0) is 61.9 Å². The molecule has 1 aromatic heterocycles. The minimum absolute atomic E-state index is 0.0738. The number of nitrogens with zero attached hydrogens (tertiary/aromatic N) is 1. The van der Waals surface area contributed by atoms with E-state index in [4.69, 9.17) is 33.2 Å². The largest absolute Gasteiger partial charge is 0.461 e. The molecule has 0 N–H and O–H groups in total. The lowest BCUT2D eigenvalue weighted by Crippen LogP contribution is -2.75. The summed E-state index contributed by atoms with van der Waals surface area (Å²) < 4.78 is 43.8. The van der Waals surface area contributed by atoms with Crippen LogP contribution in [0, 0.1) is 40.9 Å². The topological polar surface area (TPSA) is 197 Å². The van der Waals surface area contributed by atoms with Crippen LogP contribution >= 0.6 is 0 Å². The molecule has 2 bridgehead atoms. The van der Waals surface area contributed by atoms with Crippen LogP contribution in [0.2, 0.25) is 0 Å². The Morgan fingerprint density at radius 2 is 1.57 bits per heavy atom. The molecule has 15 heteroatoms. The minimum atomic E-state index is -1.91. The van der Waals surface area contributed by atoms with Crippen molar-refractivity contribution in [1.29, 1.82) is 0 Å². The molecule has 0 amide bonds. The summed E-state index contributed by atoms with van der Waals surface area (Å²) >= 11 is 0. The van der Waals surface area contributed by atoms with Gasteiger partial charge in [0, 0.05) is 57.8 Å². The third kappa shape index (κ3) is 5.88. The summed E-state index contributed by atoms with van der Waals surface area (Å²) in [6.45, 7) is 12.9. The predicted octanol–water partition coefficient (Wildman–Crippen LogP) is 3.33. The van der Waals surface area contributed by atoms with Gasteiger partial charge in [0.1, 0.15) is 23.4 Å². The van der Waals surface area contributed by atoms with Crippen molar-refractivity contribution < 1.29 is 66.7 Å². The van der Waals surface area contributed by atoms with Crippen molar-refractivity contribution in [1.82, 2.24) is 4.98 Å². The van der Waals surface area contributed by atoms with Crippen molar-refractivity contribution in [3.8, 4) is 0 Å². The smallest absolute Gasteiger partial charge is 0.339 e. The van der Waals surface area contributed by atoms with E-state index < -0.39 is 130 Å². The Bertz CT molecular complexity index is 1750. The lowest BCUT2D eigenvalue weighted by molar-refractivity contribution is -0.261. The highest BCUT2D eigenvalue weighted by Gasteiger charge is 2.86. The highest BCUT2D eigenvalue weighted by Crippen LogP contribution is 2.73. The molecular weight excluding hydrogens is 706 g/mol. The van der Waals surface area contributed by atoms with Crippen molar-refractivity contribution in [2.24, 2.45) is 40.9 Å². The fourth-order valence-electron chi connectivity index (χ4n) is 10.8. The van der Waals surface area contributed by atoms with Crippen molar-refractivity contribution in [3.63, 3.8) is 0 Å². The number of pyridine rings is 1. The number of aromatic nitrogens is 1. The molecule has 0 spiro atoms. The molecule has 4 saturated carbocycles. The van der Waals surface area contributed by atoms with E-state index in [1.165, 1.54) is 39.2 Å². The van der Waals surface area contributed by atoms with Gasteiger partial charge in [-0.05, 0) is 51.2 Å². The van der Waals surface area contributed by atoms with Gasteiger partial charge in [0.15, 0.2) is 23.6 Å². The summed E-state index contributed by atoms with van der Waals surface area (Å²) in [6.07, 6.45) is -2.32. The molecule has 3 unspecified atom stereocenters. The van der Waals surface area contributed by atoms with Gasteiger partial charge in [0.25, 0.3) is 0 Å². The van der Waals surface area contributed by atoms with Crippen LogP contribution in [0.15, 0.2) is 24.5 Å². The molecule has 0 aromatic carbocycles. The summed E-state index contributed by atoms with van der Waals surface area (Å²) in [5.41, 5.74) is -6.62. The van der Waals surface area contributed by atoms with E-state index in [1.807, 2.05) is 6.92 Å². The average molecular weight is 756 g/mol. The molecule has 294 valence electrons. The Kier molecular flexibility index (Phi) is 9.98. The van der Waals surface area contributed by atoms with Crippen LogP contribution in [0.5, 0.6) is 0 Å². The maximum absolute atomic E-state index is 15.6. The number of rotatable bonds is 9. The minimum Gasteiger partial charge on any atom is -0.461 e. The third-order valence-electron chi connectivity index (χ3n) is 12.7. The van der Waals surface area contributed by atoms with E-state index in [1.54, 1.807) is 33.8 Å².